The van der Waals surface area contributed by atoms with Crippen molar-refractivity contribution in [1.29, 1.82) is 0 Å². The number of nitrogen functional groups attached to an aromatic ring is 1. The van der Waals surface area contributed by atoms with Gasteiger partial charge in [0.2, 0.25) is 5.82 Å². The summed E-state index contributed by atoms with van der Waals surface area (Å²) in [4.78, 5) is 4.64. The summed E-state index contributed by atoms with van der Waals surface area (Å²) in [6, 6.07) is 5.67. The van der Waals surface area contributed by atoms with Gasteiger partial charge < -0.3 is 20.3 Å². The van der Waals surface area contributed by atoms with Crippen LogP contribution in [0.3, 0.4) is 0 Å². The molecule has 3 N–H and O–H groups in total. The van der Waals surface area contributed by atoms with Crippen LogP contribution in [0.4, 0.5) is 5.69 Å². The standard InChI is InChI=1S/C23H30N4O4S/c1-14(2)30-21-10-7-15(13-19(21)24)23-26-22(27-31-23)18-6-4-5-17-16(18)8-9-20(17)25-11-12-32(3,28)29/h6-7,10,13-14,20,25H,4-5,8-9,11-12,24H2,1-3H3/t20-/m0/s1. The second kappa shape index (κ2) is 9.07. The van der Waals surface area contributed by atoms with Gasteiger partial charge in [-0.1, -0.05) is 11.2 Å². The molecule has 2 aliphatic rings. The van der Waals surface area contributed by atoms with Crippen LogP contribution in [-0.4, -0.2) is 49.3 Å². The fourth-order valence-electron chi connectivity index (χ4n) is 4.32. The molecule has 1 heterocycles. The highest BCUT2D eigenvalue weighted by atomic mass is 32.2. The van der Waals surface area contributed by atoms with Gasteiger partial charge in [0.1, 0.15) is 15.6 Å². The Balaban J connectivity index is 1.51. The molecule has 0 bridgehead atoms. The van der Waals surface area contributed by atoms with Gasteiger partial charge in [-0.2, -0.15) is 4.98 Å². The number of anilines is 1. The van der Waals surface area contributed by atoms with Crippen LogP contribution in [0.5, 0.6) is 5.75 Å². The second-order valence-corrected chi connectivity index (χ2v) is 10.9. The van der Waals surface area contributed by atoms with Crippen LogP contribution in [0, 0.1) is 0 Å². The molecule has 0 aliphatic heterocycles. The molecule has 9 heteroatoms. The lowest BCUT2D eigenvalue weighted by molar-refractivity contribution is 0.244. The molecule has 0 unspecified atom stereocenters. The molecule has 0 amide bonds. The number of ether oxygens (including phenoxy) is 1. The average molecular weight is 459 g/mol. The molecule has 4 rings (SSSR count). The highest BCUT2D eigenvalue weighted by Gasteiger charge is 2.31. The first-order chi connectivity index (χ1) is 15.2. The van der Waals surface area contributed by atoms with Crippen molar-refractivity contribution in [1.82, 2.24) is 15.5 Å². The molecule has 2 aromatic rings. The number of allylic oxidation sites excluding steroid dienone is 3. The number of rotatable bonds is 8. The lowest BCUT2D eigenvalue weighted by Gasteiger charge is -2.20. The molecular formula is C23H30N4O4S. The minimum absolute atomic E-state index is 0.0370. The molecule has 0 fully saturated rings. The zero-order valence-corrected chi connectivity index (χ0v) is 19.5. The van der Waals surface area contributed by atoms with Crippen molar-refractivity contribution < 1.29 is 17.7 Å². The molecule has 1 atom stereocenters. The van der Waals surface area contributed by atoms with Crippen molar-refractivity contribution in [3.63, 3.8) is 0 Å². The van der Waals surface area contributed by atoms with Gasteiger partial charge in [0.25, 0.3) is 5.89 Å². The Hall–Kier alpha value is -2.65. The van der Waals surface area contributed by atoms with Gasteiger partial charge in [0.05, 0.1) is 17.5 Å². The van der Waals surface area contributed by atoms with Crippen molar-refractivity contribution in [2.75, 3.05) is 24.3 Å². The van der Waals surface area contributed by atoms with E-state index < -0.39 is 9.84 Å². The SMILES string of the molecule is CC(C)Oc1ccc(-c2nc(C3=CCCC4=C3CC[C@@H]4NCCS(C)(=O)=O)no2)cc1N. The first-order valence-corrected chi connectivity index (χ1v) is 13.0. The Labute approximate surface area is 188 Å². The number of benzene rings is 1. The van der Waals surface area contributed by atoms with Crippen LogP contribution < -0.4 is 15.8 Å². The van der Waals surface area contributed by atoms with Gasteiger partial charge in [0, 0.05) is 30.0 Å². The van der Waals surface area contributed by atoms with E-state index in [0.29, 0.717) is 29.7 Å². The van der Waals surface area contributed by atoms with Gasteiger partial charge in [-0.3, -0.25) is 0 Å². The second-order valence-electron chi connectivity index (χ2n) is 8.68. The highest BCUT2D eigenvalue weighted by molar-refractivity contribution is 7.90. The number of nitrogens with two attached hydrogens (primary N) is 1. The van der Waals surface area contributed by atoms with Crippen molar-refractivity contribution >= 4 is 21.1 Å². The summed E-state index contributed by atoms with van der Waals surface area (Å²) in [5, 5.41) is 7.65. The van der Waals surface area contributed by atoms with Crippen molar-refractivity contribution in [3.8, 4) is 17.2 Å². The van der Waals surface area contributed by atoms with E-state index in [1.54, 1.807) is 6.07 Å². The maximum absolute atomic E-state index is 11.4. The monoisotopic (exact) mass is 458 g/mol. The van der Waals surface area contributed by atoms with E-state index in [1.807, 2.05) is 26.0 Å². The molecule has 172 valence electrons. The summed E-state index contributed by atoms with van der Waals surface area (Å²) in [6.45, 7) is 4.37. The van der Waals surface area contributed by atoms with Crippen LogP contribution in [0.25, 0.3) is 17.0 Å². The average Bonchev–Trinajstić information content (AvgIpc) is 3.36. The predicted octanol–water partition coefficient (Wildman–Crippen LogP) is 3.38. The zero-order chi connectivity index (χ0) is 22.9. The molecule has 0 spiro atoms. The van der Waals surface area contributed by atoms with Crippen LogP contribution in [-0.2, 0) is 9.84 Å². The Morgan fingerprint density at radius 2 is 2.12 bits per heavy atom. The Bertz CT molecular complexity index is 1160. The minimum Gasteiger partial charge on any atom is -0.489 e. The largest absolute Gasteiger partial charge is 0.489 e. The van der Waals surface area contributed by atoms with Crippen LogP contribution in [0.15, 0.2) is 39.9 Å². The fraction of sp³-hybridized carbons (Fsp3) is 0.478. The molecule has 2 aliphatic carbocycles. The number of nitrogens with one attached hydrogen (secondary N) is 1. The molecule has 32 heavy (non-hydrogen) atoms. The Kier molecular flexibility index (Phi) is 6.39. The fourth-order valence-corrected chi connectivity index (χ4v) is 4.81. The molecule has 0 saturated heterocycles. The summed E-state index contributed by atoms with van der Waals surface area (Å²) >= 11 is 0. The van der Waals surface area contributed by atoms with Crippen LogP contribution in [0.1, 0.15) is 45.4 Å². The third kappa shape index (κ3) is 5.05. The zero-order valence-electron chi connectivity index (χ0n) is 18.7. The van der Waals surface area contributed by atoms with Gasteiger partial charge in [0.15, 0.2) is 0 Å². The summed E-state index contributed by atoms with van der Waals surface area (Å²) in [7, 11) is -2.97. The van der Waals surface area contributed by atoms with Gasteiger partial charge in [-0.05, 0) is 68.9 Å². The number of hydrogen-bond acceptors (Lipinski definition) is 8. The van der Waals surface area contributed by atoms with Crippen molar-refractivity contribution in [2.24, 2.45) is 0 Å². The van der Waals surface area contributed by atoms with Gasteiger partial charge >= 0.3 is 0 Å². The molecule has 0 radical (unpaired) electrons. The normalized spacial score (nSPS) is 18.8. The quantitative estimate of drug-likeness (QED) is 0.578. The minimum atomic E-state index is -2.97. The Morgan fingerprint density at radius 3 is 2.84 bits per heavy atom. The third-order valence-corrected chi connectivity index (χ3v) is 6.67. The van der Waals surface area contributed by atoms with Gasteiger partial charge in [-0.25, -0.2) is 8.42 Å². The topological polar surface area (TPSA) is 120 Å². The summed E-state index contributed by atoms with van der Waals surface area (Å²) < 4.78 is 34.1. The Morgan fingerprint density at radius 1 is 1.31 bits per heavy atom. The number of hydrogen-bond donors (Lipinski definition) is 2. The van der Waals surface area contributed by atoms with E-state index in [0.717, 1.165) is 36.8 Å². The van der Waals surface area contributed by atoms with Crippen molar-refractivity contribution in [3.05, 3.63) is 41.2 Å². The summed E-state index contributed by atoms with van der Waals surface area (Å²) in [5.74, 6) is 1.77. The molecule has 1 aromatic heterocycles. The highest BCUT2D eigenvalue weighted by Crippen LogP contribution is 2.41. The predicted molar refractivity (Wildman–Crippen MR) is 125 cm³/mol. The first kappa shape index (κ1) is 22.5. The van der Waals surface area contributed by atoms with E-state index in [9.17, 15) is 8.42 Å². The number of sulfone groups is 1. The van der Waals surface area contributed by atoms with Crippen LogP contribution >= 0.6 is 0 Å². The summed E-state index contributed by atoms with van der Waals surface area (Å²) in [5.41, 5.74) is 11.0. The lowest BCUT2D eigenvalue weighted by Crippen LogP contribution is -2.33. The number of nitrogens with zero attached hydrogens (tertiary/aromatic N) is 2. The summed E-state index contributed by atoms with van der Waals surface area (Å²) in [6.07, 6.45) is 7.20. The van der Waals surface area contributed by atoms with Crippen LogP contribution in [0.2, 0.25) is 0 Å². The van der Waals surface area contributed by atoms with Crippen molar-refractivity contribution in [2.45, 2.75) is 51.7 Å². The first-order valence-electron chi connectivity index (χ1n) is 11.0. The molecule has 8 nitrogen and oxygen atoms in total. The maximum atomic E-state index is 11.4. The van der Waals surface area contributed by atoms with E-state index in [4.69, 9.17) is 15.0 Å². The molecular weight excluding hydrogens is 428 g/mol. The lowest BCUT2D eigenvalue weighted by atomic mass is 9.91. The van der Waals surface area contributed by atoms with E-state index in [1.165, 1.54) is 17.4 Å². The number of aromatic nitrogens is 2. The van der Waals surface area contributed by atoms with E-state index >= 15 is 0 Å². The third-order valence-electron chi connectivity index (χ3n) is 5.73. The maximum Gasteiger partial charge on any atom is 0.258 e. The molecule has 0 saturated carbocycles. The molecule has 1 aromatic carbocycles. The smallest absolute Gasteiger partial charge is 0.258 e. The van der Waals surface area contributed by atoms with E-state index in [-0.39, 0.29) is 17.9 Å². The van der Waals surface area contributed by atoms with E-state index in [2.05, 4.69) is 21.5 Å². The van der Waals surface area contributed by atoms with Gasteiger partial charge in [-0.15, -0.1) is 0 Å².